The number of pyridine rings is 1. The van der Waals surface area contributed by atoms with Crippen molar-refractivity contribution in [3.05, 3.63) is 52.6 Å². The Morgan fingerprint density at radius 1 is 1.19 bits per heavy atom. The lowest BCUT2D eigenvalue weighted by Crippen LogP contribution is -1.93. The second-order valence-electron chi connectivity index (χ2n) is 3.30. The molecule has 0 atom stereocenters. The van der Waals surface area contributed by atoms with Crippen molar-refractivity contribution < 1.29 is 0 Å². The molecule has 0 bridgehead atoms. The minimum absolute atomic E-state index is 0.576. The summed E-state index contributed by atoms with van der Waals surface area (Å²) in [4.78, 5) is 5.48. The third kappa shape index (κ3) is 3.25. The van der Waals surface area contributed by atoms with Gasteiger partial charge in [0.25, 0.3) is 0 Å². The molecule has 0 aliphatic rings. The van der Waals surface area contributed by atoms with Crippen LogP contribution < -0.4 is 5.73 Å². The van der Waals surface area contributed by atoms with Gasteiger partial charge in [0.05, 0.1) is 5.69 Å². The zero-order valence-electron chi connectivity index (χ0n) is 8.56. The molecule has 0 amide bonds. The lowest BCUT2D eigenvalue weighted by Gasteiger charge is -2.02. The van der Waals surface area contributed by atoms with Crippen molar-refractivity contribution in [3.8, 4) is 0 Å². The average molecular weight is 295 g/mol. The van der Waals surface area contributed by atoms with Crippen molar-refractivity contribution in [2.75, 3.05) is 5.73 Å². The van der Waals surface area contributed by atoms with E-state index >= 15 is 0 Å². The van der Waals surface area contributed by atoms with E-state index in [9.17, 15) is 0 Å². The quantitative estimate of drug-likeness (QED) is 0.877. The van der Waals surface area contributed by atoms with Crippen LogP contribution in [0.15, 0.2) is 51.8 Å². The molecule has 2 aromatic rings. The van der Waals surface area contributed by atoms with Crippen LogP contribution in [-0.4, -0.2) is 4.98 Å². The van der Waals surface area contributed by atoms with Crippen LogP contribution in [0.3, 0.4) is 0 Å². The molecule has 2 nitrogen and oxygen atoms in total. The van der Waals surface area contributed by atoms with E-state index in [1.54, 1.807) is 17.8 Å². The van der Waals surface area contributed by atoms with Crippen molar-refractivity contribution in [2.24, 2.45) is 0 Å². The maximum absolute atomic E-state index is 5.62. The molecule has 0 spiro atoms. The summed E-state index contributed by atoms with van der Waals surface area (Å²) in [7, 11) is 0. The summed E-state index contributed by atoms with van der Waals surface area (Å²) < 4.78 is 1.10. The Kier molecular flexibility index (Phi) is 3.85. The van der Waals surface area contributed by atoms with Crippen LogP contribution >= 0.6 is 27.7 Å². The summed E-state index contributed by atoms with van der Waals surface area (Å²) in [6, 6.07) is 13.9. The normalized spacial score (nSPS) is 10.3. The molecule has 1 aromatic heterocycles. The molecule has 1 aromatic carbocycles. The molecule has 0 aliphatic heterocycles. The third-order valence-electron chi connectivity index (χ3n) is 2.01. The predicted molar refractivity (Wildman–Crippen MR) is 72.4 cm³/mol. The molecule has 0 unspecified atom stereocenters. The highest BCUT2D eigenvalue weighted by Gasteiger charge is 1.98. The summed E-state index contributed by atoms with van der Waals surface area (Å²) >= 11 is 5.20. The second kappa shape index (κ2) is 5.37. The predicted octanol–water partition coefficient (Wildman–Crippen LogP) is 3.72. The lowest BCUT2D eigenvalue weighted by molar-refractivity contribution is 1.18. The first kappa shape index (κ1) is 11.5. The standard InChI is InChI=1S/C12H11BrN2S/c13-9-3-1-5-11(7-9)16-8-10-4-2-6-12(14)15-10/h1-7H,8H2,(H2,14,15). The Morgan fingerprint density at radius 3 is 2.75 bits per heavy atom. The van der Waals surface area contributed by atoms with E-state index in [2.05, 4.69) is 33.0 Å². The van der Waals surface area contributed by atoms with Crippen molar-refractivity contribution in [2.45, 2.75) is 10.6 Å². The maximum atomic E-state index is 5.62. The third-order valence-corrected chi connectivity index (χ3v) is 3.53. The van der Waals surface area contributed by atoms with Gasteiger partial charge in [-0.25, -0.2) is 4.98 Å². The summed E-state index contributed by atoms with van der Waals surface area (Å²) in [5.41, 5.74) is 6.63. The SMILES string of the molecule is Nc1cccc(CSc2cccc(Br)c2)n1. The van der Waals surface area contributed by atoms with Crippen LogP contribution in [0.4, 0.5) is 5.82 Å². The Balaban J connectivity index is 2.02. The number of hydrogen-bond donors (Lipinski definition) is 1. The van der Waals surface area contributed by atoms with Gasteiger partial charge < -0.3 is 5.73 Å². The van der Waals surface area contributed by atoms with Gasteiger partial charge in [-0.3, -0.25) is 0 Å². The monoisotopic (exact) mass is 294 g/mol. The zero-order valence-corrected chi connectivity index (χ0v) is 11.0. The van der Waals surface area contributed by atoms with Gasteiger partial charge in [0.15, 0.2) is 0 Å². The van der Waals surface area contributed by atoms with E-state index < -0.39 is 0 Å². The van der Waals surface area contributed by atoms with Crippen molar-refractivity contribution in [3.63, 3.8) is 0 Å². The number of nitrogens with zero attached hydrogens (tertiary/aromatic N) is 1. The van der Waals surface area contributed by atoms with Gasteiger partial charge in [0, 0.05) is 15.1 Å². The van der Waals surface area contributed by atoms with Crippen LogP contribution in [0.2, 0.25) is 0 Å². The smallest absolute Gasteiger partial charge is 0.123 e. The summed E-state index contributed by atoms with van der Waals surface area (Å²) in [5.74, 6) is 1.41. The Bertz CT molecular complexity index is 442. The molecule has 0 aliphatic carbocycles. The fourth-order valence-corrected chi connectivity index (χ4v) is 2.70. The molecule has 1 heterocycles. The molecule has 2 rings (SSSR count). The lowest BCUT2D eigenvalue weighted by atomic mass is 10.4. The van der Waals surface area contributed by atoms with Gasteiger partial charge in [-0.2, -0.15) is 0 Å². The molecule has 2 N–H and O–H groups in total. The van der Waals surface area contributed by atoms with Crippen LogP contribution in [0.25, 0.3) is 0 Å². The fourth-order valence-electron chi connectivity index (χ4n) is 1.29. The topological polar surface area (TPSA) is 38.9 Å². The highest BCUT2D eigenvalue weighted by molar-refractivity contribution is 9.10. The Morgan fingerprint density at radius 2 is 2.00 bits per heavy atom. The van der Waals surface area contributed by atoms with Gasteiger partial charge in [-0.1, -0.05) is 28.1 Å². The van der Waals surface area contributed by atoms with Gasteiger partial charge in [0.1, 0.15) is 5.82 Å². The molecule has 16 heavy (non-hydrogen) atoms. The zero-order chi connectivity index (χ0) is 11.4. The summed E-state index contributed by atoms with van der Waals surface area (Å²) in [5, 5.41) is 0. The molecule has 82 valence electrons. The van der Waals surface area contributed by atoms with E-state index in [0.717, 1.165) is 15.9 Å². The van der Waals surface area contributed by atoms with Crippen LogP contribution in [0.1, 0.15) is 5.69 Å². The fraction of sp³-hybridized carbons (Fsp3) is 0.0833. The number of anilines is 1. The van der Waals surface area contributed by atoms with Crippen LogP contribution in [0.5, 0.6) is 0 Å². The first-order chi connectivity index (χ1) is 7.74. The van der Waals surface area contributed by atoms with E-state index in [1.165, 1.54) is 4.90 Å². The number of halogens is 1. The van der Waals surface area contributed by atoms with E-state index in [4.69, 9.17) is 5.73 Å². The molecule has 4 heteroatoms. The summed E-state index contributed by atoms with van der Waals surface area (Å²) in [6.07, 6.45) is 0. The Hall–Kier alpha value is -1.00. The minimum Gasteiger partial charge on any atom is -0.384 e. The number of nitrogens with two attached hydrogens (primary N) is 1. The molecular weight excluding hydrogens is 284 g/mol. The van der Waals surface area contributed by atoms with E-state index in [0.29, 0.717) is 5.82 Å². The van der Waals surface area contributed by atoms with Crippen LogP contribution in [-0.2, 0) is 5.75 Å². The first-order valence-corrected chi connectivity index (χ1v) is 6.62. The number of hydrogen-bond acceptors (Lipinski definition) is 3. The van der Waals surface area contributed by atoms with Gasteiger partial charge in [-0.15, -0.1) is 11.8 Å². The van der Waals surface area contributed by atoms with E-state index in [-0.39, 0.29) is 0 Å². The molecule has 0 radical (unpaired) electrons. The highest BCUT2D eigenvalue weighted by Crippen LogP contribution is 2.24. The van der Waals surface area contributed by atoms with Crippen molar-refractivity contribution >= 4 is 33.5 Å². The number of aromatic nitrogens is 1. The highest BCUT2D eigenvalue weighted by atomic mass is 79.9. The average Bonchev–Trinajstić information content (AvgIpc) is 2.27. The number of thioether (sulfide) groups is 1. The van der Waals surface area contributed by atoms with Crippen molar-refractivity contribution in [1.29, 1.82) is 0 Å². The van der Waals surface area contributed by atoms with Gasteiger partial charge in [-0.05, 0) is 30.3 Å². The number of benzene rings is 1. The van der Waals surface area contributed by atoms with Crippen molar-refractivity contribution in [1.82, 2.24) is 4.98 Å². The maximum Gasteiger partial charge on any atom is 0.123 e. The second-order valence-corrected chi connectivity index (χ2v) is 5.26. The molecule has 0 fully saturated rings. The number of rotatable bonds is 3. The van der Waals surface area contributed by atoms with Crippen LogP contribution in [0, 0.1) is 0 Å². The molecule has 0 saturated carbocycles. The molecule has 0 saturated heterocycles. The summed E-state index contributed by atoms with van der Waals surface area (Å²) in [6.45, 7) is 0. The first-order valence-electron chi connectivity index (χ1n) is 4.84. The van der Waals surface area contributed by atoms with Gasteiger partial charge in [0.2, 0.25) is 0 Å². The Labute approximate surface area is 107 Å². The largest absolute Gasteiger partial charge is 0.384 e. The van der Waals surface area contributed by atoms with Gasteiger partial charge >= 0.3 is 0 Å². The van der Waals surface area contributed by atoms with E-state index in [1.807, 2.05) is 24.3 Å². The number of nitrogen functional groups attached to an aromatic ring is 1. The molecular formula is C12H11BrN2S. The minimum atomic E-state index is 0.576.